The number of urea groups is 1. The number of piperazine rings is 1. The van der Waals surface area contributed by atoms with Gasteiger partial charge in [-0.15, -0.1) is 4.37 Å². The van der Waals surface area contributed by atoms with Gasteiger partial charge in [0, 0.05) is 32.0 Å². The minimum atomic E-state index is -0.459. The third-order valence-corrected chi connectivity index (χ3v) is 3.97. The van der Waals surface area contributed by atoms with E-state index < -0.39 is 6.03 Å². The monoisotopic (exact) mass is 320 g/mol. The number of nitrogens with one attached hydrogen (secondary N) is 1. The summed E-state index contributed by atoms with van der Waals surface area (Å²) in [6.07, 6.45) is 3.41. The molecule has 8 nitrogen and oxygen atoms in total. The third kappa shape index (κ3) is 3.15. The Morgan fingerprint density at radius 1 is 1.45 bits per heavy atom. The van der Waals surface area contributed by atoms with Crippen LogP contribution in [-0.2, 0) is 6.61 Å². The summed E-state index contributed by atoms with van der Waals surface area (Å²) in [6, 6.07) is 3.03. The van der Waals surface area contributed by atoms with Crippen molar-refractivity contribution in [3.8, 4) is 5.88 Å². The standard InChI is InChI=1S/C13H16N6O2S/c14-13(20)19-6-5-16-7-10(19)11-12(18-22-17-11)21-8-9-1-3-15-4-2-9/h1-4,10,16H,5-8H2,(H2,14,20). The van der Waals surface area contributed by atoms with E-state index in [1.54, 1.807) is 17.3 Å². The predicted molar refractivity (Wildman–Crippen MR) is 80.4 cm³/mol. The summed E-state index contributed by atoms with van der Waals surface area (Å²) in [6.45, 7) is 2.21. The van der Waals surface area contributed by atoms with Crippen LogP contribution in [0.15, 0.2) is 24.5 Å². The van der Waals surface area contributed by atoms with Crippen LogP contribution in [0, 0.1) is 0 Å². The minimum absolute atomic E-state index is 0.252. The summed E-state index contributed by atoms with van der Waals surface area (Å²) >= 11 is 1.06. The molecule has 0 radical (unpaired) electrons. The fourth-order valence-corrected chi connectivity index (χ4v) is 2.88. The van der Waals surface area contributed by atoms with Gasteiger partial charge in [-0.05, 0) is 17.7 Å². The van der Waals surface area contributed by atoms with Gasteiger partial charge in [-0.2, -0.15) is 4.37 Å². The first-order valence-electron chi connectivity index (χ1n) is 6.86. The van der Waals surface area contributed by atoms with E-state index in [4.69, 9.17) is 10.5 Å². The number of hydrogen-bond donors (Lipinski definition) is 2. The van der Waals surface area contributed by atoms with Gasteiger partial charge in [0.2, 0.25) is 0 Å². The molecule has 0 aliphatic carbocycles. The van der Waals surface area contributed by atoms with Crippen molar-refractivity contribution in [2.24, 2.45) is 5.73 Å². The van der Waals surface area contributed by atoms with Crippen LogP contribution in [-0.4, -0.2) is 44.3 Å². The highest BCUT2D eigenvalue weighted by Crippen LogP contribution is 2.29. The summed E-state index contributed by atoms with van der Waals surface area (Å²) in [4.78, 5) is 17.1. The number of amides is 2. The average molecular weight is 320 g/mol. The number of nitrogens with zero attached hydrogens (tertiary/aromatic N) is 4. The van der Waals surface area contributed by atoms with Crippen LogP contribution in [0.2, 0.25) is 0 Å². The summed E-state index contributed by atoms with van der Waals surface area (Å²) in [5, 5.41) is 3.23. The van der Waals surface area contributed by atoms with Gasteiger partial charge < -0.3 is 20.7 Å². The zero-order valence-corrected chi connectivity index (χ0v) is 12.6. The van der Waals surface area contributed by atoms with Gasteiger partial charge in [-0.3, -0.25) is 4.98 Å². The second kappa shape index (κ2) is 6.67. The summed E-state index contributed by atoms with van der Waals surface area (Å²) in [5.74, 6) is 0.446. The van der Waals surface area contributed by atoms with Crippen LogP contribution in [0.5, 0.6) is 5.88 Å². The highest BCUT2D eigenvalue weighted by molar-refractivity contribution is 6.99. The van der Waals surface area contributed by atoms with Crippen molar-refractivity contribution in [2.75, 3.05) is 19.6 Å². The fourth-order valence-electron chi connectivity index (χ4n) is 2.33. The fraction of sp³-hybridized carbons (Fsp3) is 0.385. The summed E-state index contributed by atoms with van der Waals surface area (Å²) in [5.41, 5.74) is 7.08. The van der Waals surface area contributed by atoms with Crippen molar-refractivity contribution < 1.29 is 9.53 Å². The van der Waals surface area contributed by atoms with E-state index in [0.717, 1.165) is 17.3 Å². The van der Waals surface area contributed by atoms with Crippen molar-refractivity contribution in [3.63, 3.8) is 0 Å². The molecule has 0 spiro atoms. The van der Waals surface area contributed by atoms with Gasteiger partial charge in [0.1, 0.15) is 12.3 Å². The SMILES string of the molecule is NC(=O)N1CCNCC1c1nsnc1OCc1ccncc1. The Morgan fingerprint density at radius 3 is 3.05 bits per heavy atom. The number of hydrogen-bond acceptors (Lipinski definition) is 7. The Morgan fingerprint density at radius 2 is 2.27 bits per heavy atom. The molecule has 2 amide bonds. The molecule has 0 saturated carbocycles. The smallest absolute Gasteiger partial charge is 0.315 e. The summed E-state index contributed by atoms with van der Waals surface area (Å²) < 4.78 is 14.2. The van der Waals surface area contributed by atoms with Crippen molar-refractivity contribution >= 4 is 17.8 Å². The number of nitrogens with two attached hydrogens (primary N) is 1. The molecule has 3 rings (SSSR count). The zero-order valence-electron chi connectivity index (χ0n) is 11.8. The number of primary amides is 1. The normalized spacial score (nSPS) is 18.2. The number of ether oxygens (including phenoxy) is 1. The molecular weight excluding hydrogens is 304 g/mol. The van der Waals surface area contributed by atoms with Gasteiger partial charge in [0.15, 0.2) is 0 Å². The van der Waals surface area contributed by atoms with E-state index in [0.29, 0.717) is 37.8 Å². The number of carbonyl (C=O) groups is 1. The molecule has 1 atom stereocenters. The second-order valence-corrected chi connectivity index (χ2v) is 5.38. The molecule has 1 unspecified atom stereocenters. The van der Waals surface area contributed by atoms with E-state index in [-0.39, 0.29) is 6.04 Å². The molecule has 3 N–H and O–H groups in total. The molecule has 22 heavy (non-hydrogen) atoms. The van der Waals surface area contributed by atoms with Gasteiger partial charge in [0.25, 0.3) is 5.88 Å². The average Bonchev–Trinajstić information content (AvgIpc) is 3.02. The highest BCUT2D eigenvalue weighted by atomic mass is 32.1. The van der Waals surface area contributed by atoms with Crippen LogP contribution >= 0.6 is 11.7 Å². The van der Waals surface area contributed by atoms with E-state index >= 15 is 0 Å². The Hall–Kier alpha value is -2.26. The van der Waals surface area contributed by atoms with E-state index in [9.17, 15) is 4.79 Å². The first-order valence-corrected chi connectivity index (χ1v) is 7.59. The maximum atomic E-state index is 11.6. The molecular formula is C13H16N6O2S. The van der Waals surface area contributed by atoms with Gasteiger partial charge in [0.05, 0.1) is 17.8 Å². The quantitative estimate of drug-likeness (QED) is 0.851. The van der Waals surface area contributed by atoms with Gasteiger partial charge in [-0.25, -0.2) is 4.79 Å². The van der Waals surface area contributed by atoms with Crippen LogP contribution in [0.4, 0.5) is 4.79 Å². The molecule has 0 aromatic carbocycles. The lowest BCUT2D eigenvalue weighted by Gasteiger charge is -2.33. The molecule has 2 aromatic heterocycles. The van der Waals surface area contributed by atoms with E-state index in [1.807, 2.05) is 12.1 Å². The van der Waals surface area contributed by atoms with Crippen molar-refractivity contribution in [2.45, 2.75) is 12.6 Å². The molecule has 3 heterocycles. The zero-order chi connectivity index (χ0) is 15.4. The van der Waals surface area contributed by atoms with Crippen LogP contribution in [0.25, 0.3) is 0 Å². The Balaban J connectivity index is 1.75. The van der Waals surface area contributed by atoms with E-state index in [2.05, 4.69) is 19.0 Å². The molecule has 1 fully saturated rings. The van der Waals surface area contributed by atoms with E-state index in [1.165, 1.54) is 0 Å². The Kier molecular flexibility index (Phi) is 4.45. The van der Waals surface area contributed by atoms with Crippen molar-refractivity contribution in [1.82, 2.24) is 23.9 Å². The second-order valence-electron chi connectivity index (χ2n) is 4.85. The minimum Gasteiger partial charge on any atom is -0.471 e. The van der Waals surface area contributed by atoms with Crippen molar-refractivity contribution in [1.29, 1.82) is 0 Å². The highest BCUT2D eigenvalue weighted by Gasteiger charge is 2.31. The molecule has 1 saturated heterocycles. The lowest BCUT2D eigenvalue weighted by molar-refractivity contribution is 0.162. The first-order chi connectivity index (χ1) is 10.8. The molecule has 116 valence electrons. The Bertz CT molecular complexity index is 634. The molecule has 1 aliphatic heterocycles. The molecule has 1 aliphatic rings. The lowest BCUT2D eigenvalue weighted by atomic mass is 10.1. The molecule has 9 heteroatoms. The number of aromatic nitrogens is 3. The number of carbonyl (C=O) groups excluding carboxylic acids is 1. The third-order valence-electron chi connectivity index (χ3n) is 3.45. The number of pyridine rings is 1. The largest absolute Gasteiger partial charge is 0.471 e. The molecule has 0 bridgehead atoms. The Labute approximate surface area is 131 Å². The van der Waals surface area contributed by atoms with Gasteiger partial charge >= 0.3 is 6.03 Å². The predicted octanol–water partition coefficient (Wildman–Crippen LogP) is 0.537. The van der Waals surface area contributed by atoms with Crippen molar-refractivity contribution in [3.05, 3.63) is 35.8 Å². The first kappa shape index (κ1) is 14.7. The van der Waals surface area contributed by atoms with Crippen LogP contribution < -0.4 is 15.8 Å². The van der Waals surface area contributed by atoms with Crippen LogP contribution in [0.1, 0.15) is 17.3 Å². The van der Waals surface area contributed by atoms with Crippen LogP contribution in [0.3, 0.4) is 0 Å². The maximum absolute atomic E-state index is 11.6. The maximum Gasteiger partial charge on any atom is 0.315 e. The number of rotatable bonds is 4. The lowest BCUT2D eigenvalue weighted by Crippen LogP contribution is -2.50. The topological polar surface area (TPSA) is 106 Å². The van der Waals surface area contributed by atoms with Gasteiger partial charge in [-0.1, -0.05) is 0 Å². The molecule has 2 aromatic rings. The summed E-state index contributed by atoms with van der Waals surface area (Å²) in [7, 11) is 0.